The minimum Gasteiger partial charge on any atom is -0.261 e. The van der Waals surface area contributed by atoms with E-state index in [9.17, 15) is 8.42 Å². The van der Waals surface area contributed by atoms with E-state index < -0.39 is 10.0 Å². The number of primary sulfonamides is 1. The molecule has 2 N–H and O–H groups in total. The SMILES string of the molecule is NS(=O)(=O)c1ccccc1Cc1ccccn1. The highest BCUT2D eigenvalue weighted by Crippen LogP contribution is 2.16. The van der Waals surface area contributed by atoms with Crippen LogP contribution in [-0.4, -0.2) is 13.4 Å². The van der Waals surface area contributed by atoms with E-state index in [2.05, 4.69) is 4.98 Å². The van der Waals surface area contributed by atoms with Crippen molar-refractivity contribution < 1.29 is 8.42 Å². The number of pyridine rings is 1. The second kappa shape index (κ2) is 4.65. The second-order valence-corrected chi connectivity index (χ2v) is 5.18. The average Bonchev–Trinajstić information content (AvgIpc) is 2.30. The predicted octanol–water partition coefficient (Wildman–Crippen LogP) is 1.32. The Labute approximate surface area is 100 Å². The Morgan fingerprint density at radius 2 is 1.76 bits per heavy atom. The van der Waals surface area contributed by atoms with Crippen LogP contribution in [0.25, 0.3) is 0 Å². The fourth-order valence-corrected chi connectivity index (χ4v) is 2.40. The number of hydrogen-bond donors (Lipinski definition) is 1. The molecule has 88 valence electrons. The van der Waals surface area contributed by atoms with Crippen LogP contribution in [-0.2, 0) is 16.4 Å². The molecular weight excluding hydrogens is 236 g/mol. The van der Waals surface area contributed by atoms with E-state index in [-0.39, 0.29) is 4.90 Å². The number of sulfonamides is 1. The van der Waals surface area contributed by atoms with Gasteiger partial charge in [0.05, 0.1) is 4.90 Å². The molecule has 0 saturated heterocycles. The molecule has 0 aliphatic rings. The summed E-state index contributed by atoms with van der Waals surface area (Å²) in [4.78, 5) is 4.32. The molecule has 1 heterocycles. The van der Waals surface area contributed by atoms with Crippen LogP contribution in [0.5, 0.6) is 0 Å². The van der Waals surface area contributed by atoms with Crippen LogP contribution in [0, 0.1) is 0 Å². The maximum atomic E-state index is 11.4. The minimum atomic E-state index is -3.68. The molecule has 1 aromatic heterocycles. The highest BCUT2D eigenvalue weighted by molar-refractivity contribution is 7.89. The molecule has 5 heteroatoms. The standard InChI is InChI=1S/C12H12N2O2S/c13-17(15,16)12-7-2-1-5-10(12)9-11-6-3-4-8-14-11/h1-8H,9H2,(H2,13,15,16). The van der Waals surface area contributed by atoms with Gasteiger partial charge in [0, 0.05) is 18.3 Å². The first-order valence-electron chi connectivity index (χ1n) is 5.08. The van der Waals surface area contributed by atoms with Gasteiger partial charge >= 0.3 is 0 Å². The summed E-state index contributed by atoms with van der Waals surface area (Å²) in [6.45, 7) is 0. The van der Waals surface area contributed by atoms with Crippen molar-refractivity contribution in [1.29, 1.82) is 0 Å². The van der Waals surface area contributed by atoms with Gasteiger partial charge in [-0.3, -0.25) is 4.98 Å². The van der Waals surface area contributed by atoms with Crippen molar-refractivity contribution >= 4 is 10.0 Å². The van der Waals surface area contributed by atoms with Crippen molar-refractivity contribution in [3.05, 3.63) is 59.9 Å². The molecule has 0 spiro atoms. The Kier molecular flexibility index (Phi) is 3.21. The molecule has 0 aliphatic heterocycles. The van der Waals surface area contributed by atoms with Crippen molar-refractivity contribution in [1.82, 2.24) is 4.98 Å². The first-order chi connectivity index (χ1) is 8.07. The van der Waals surface area contributed by atoms with Gasteiger partial charge in [-0.15, -0.1) is 0 Å². The number of hydrogen-bond acceptors (Lipinski definition) is 3. The highest BCUT2D eigenvalue weighted by atomic mass is 32.2. The van der Waals surface area contributed by atoms with E-state index in [4.69, 9.17) is 5.14 Å². The maximum Gasteiger partial charge on any atom is 0.238 e. The van der Waals surface area contributed by atoms with Gasteiger partial charge in [-0.2, -0.15) is 0 Å². The zero-order valence-electron chi connectivity index (χ0n) is 9.08. The fraction of sp³-hybridized carbons (Fsp3) is 0.0833. The van der Waals surface area contributed by atoms with Crippen LogP contribution in [0.3, 0.4) is 0 Å². The molecule has 0 aliphatic carbocycles. The minimum absolute atomic E-state index is 0.158. The first kappa shape index (κ1) is 11.8. The van der Waals surface area contributed by atoms with Crippen LogP contribution < -0.4 is 5.14 Å². The number of nitrogens with two attached hydrogens (primary N) is 1. The zero-order valence-corrected chi connectivity index (χ0v) is 9.89. The Balaban J connectivity index is 2.41. The average molecular weight is 248 g/mol. The second-order valence-electron chi connectivity index (χ2n) is 3.65. The van der Waals surface area contributed by atoms with Crippen molar-refractivity contribution in [3.8, 4) is 0 Å². The molecule has 2 rings (SSSR count). The van der Waals surface area contributed by atoms with Crippen LogP contribution in [0.2, 0.25) is 0 Å². The lowest BCUT2D eigenvalue weighted by atomic mass is 10.1. The molecule has 0 bridgehead atoms. The molecule has 17 heavy (non-hydrogen) atoms. The predicted molar refractivity (Wildman–Crippen MR) is 64.9 cm³/mol. The fourth-order valence-electron chi connectivity index (χ4n) is 1.63. The van der Waals surface area contributed by atoms with Gasteiger partial charge in [-0.05, 0) is 23.8 Å². The van der Waals surface area contributed by atoms with Gasteiger partial charge in [0.2, 0.25) is 10.0 Å². The number of rotatable bonds is 3. The third kappa shape index (κ3) is 2.89. The Bertz CT molecular complexity index is 609. The van der Waals surface area contributed by atoms with Crippen LogP contribution in [0.4, 0.5) is 0 Å². The largest absolute Gasteiger partial charge is 0.261 e. The molecule has 0 radical (unpaired) electrons. The number of aromatic nitrogens is 1. The molecular formula is C12H12N2O2S. The molecule has 0 saturated carbocycles. The summed E-state index contributed by atoms with van der Waals surface area (Å²) in [6.07, 6.45) is 2.13. The molecule has 1 aromatic carbocycles. The third-order valence-electron chi connectivity index (χ3n) is 2.38. The van der Waals surface area contributed by atoms with Crippen molar-refractivity contribution in [3.63, 3.8) is 0 Å². The van der Waals surface area contributed by atoms with E-state index in [0.717, 1.165) is 5.69 Å². The molecule has 0 amide bonds. The van der Waals surface area contributed by atoms with Crippen molar-refractivity contribution in [2.45, 2.75) is 11.3 Å². The summed E-state index contributed by atoms with van der Waals surface area (Å²) < 4.78 is 22.8. The normalized spacial score (nSPS) is 11.4. The van der Waals surface area contributed by atoms with Gasteiger partial charge in [0.25, 0.3) is 0 Å². The molecule has 2 aromatic rings. The summed E-state index contributed by atoms with van der Waals surface area (Å²) in [7, 11) is -3.68. The lowest BCUT2D eigenvalue weighted by molar-refractivity contribution is 0.597. The summed E-state index contributed by atoms with van der Waals surface area (Å²) >= 11 is 0. The van der Waals surface area contributed by atoms with Gasteiger partial charge in [0.1, 0.15) is 0 Å². The molecule has 4 nitrogen and oxygen atoms in total. The van der Waals surface area contributed by atoms with Gasteiger partial charge in [-0.1, -0.05) is 24.3 Å². The zero-order chi connectivity index (χ0) is 12.3. The quantitative estimate of drug-likeness (QED) is 0.890. The van der Waals surface area contributed by atoms with Crippen LogP contribution in [0.1, 0.15) is 11.3 Å². The number of benzene rings is 1. The molecule has 0 atom stereocenters. The van der Waals surface area contributed by atoms with E-state index in [1.54, 1.807) is 24.4 Å². The summed E-state index contributed by atoms with van der Waals surface area (Å²) in [6, 6.07) is 12.2. The summed E-state index contributed by atoms with van der Waals surface area (Å²) in [5.74, 6) is 0. The Hall–Kier alpha value is -1.72. The van der Waals surface area contributed by atoms with E-state index in [1.165, 1.54) is 6.07 Å². The monoisotopic (exact) mass is 248 g/mol. The lowest BCUT2D eigenvalue weighted by Gasteiger charge is -2.06. The third-order valence-corrected chi connectivity index (χ3v) is 3.39. The van der Waals surface area contributed by atoms with Crippen LogP contribution >= 0.6 is 0 Å². The van der Waals surface area contributed by atoms with E-state index in [1.807, 2.05) is 18.2 Å². The van der Waals surface area contributed by atoms with Crippen LogP contribution in [0.15, 0.2) is 53.6 Å². The van der Waals surface area contributed by atoms with Crippen molar-refractivity contribution in [2.75, 3.05) is 0 Å². The van der Waals surface area contributed by atoms with Crippen molar-refractivity contribution in [2.24, 2.45) is 5.14 Å². The summed E-state index contributed by atoms with van der Waals surface area (Å²) in [5, 5.41) is 5.16. The van der Waals surface area contributed by atoms with E-state index in [0.29, 0.717) is 12.0 Å². The van der Waals surface area contributed by atoms with E-state index >= 15 is 0 Å². The van der Waals surface area contributed by atoms with Gasteiger partial charge in [-0.25, -0.2) is 13.6 Å². The highest BCUT2D eigenvalue weighted by Gasteiger charge is 2.13. The Morgan fingerprint density at radius 3 is 2.41 bits per heavy atom. The van der Waals surface area contributed by atoms with Gasteiger partial charge < -0.3 is 0 Å². The maximum absolute atomic E-state index is 11.4. The topological polar surface area (TPSA) is 73.1 Å². The number of nitrogens with zero attached hydrogens (tertiary/aromatic N) is 1. The molecule has 0 unspecified atom stereocenters. The van der Waals surface area contributed by atoms with Gasteiger partial charge in [0.15, 0.2) is 0 Å². The smallest absolute Gasteiger partial charge is 0.238 e. The Morgan fingerprint density at radius 1 is 1.06 bits per heavy atom. The molecule has 0 fully saturated rings. The lowest BCUT2D eigenvalue weighted by Crippen LogP contribution is -2.14. The first-order valence-corrected chi connectivity index (χ1v) is 6.62. The summed E-state index contributed by atoms with van der Waals surface area (Å²) in [5.41, 5.74) is 1.47.